The predicted octanol–water partition coefficient (Wildman–Crippen LogP) is 0.866. The molecule has 3 N–H and O–H groups in total. The van der Waals surface area contributed by atoms with Crippen LogP contribution in [0, 0.1) is 0 Å². The number of hydrogen-bond donors (Lipinski definition) is 1. The average molecular weight is 87.0 g/mol. The van der Waals surface area contributed by atoms with Gasteiger partial charge in [0.25, 0.3) is 0 Å². The van der Waals surface area contributed by atoms with Crippen molar-refractivity contribution in [3.63, 3.8) is 0 Å². The summed E-state index contributed by atoms with van der Waals surface area (Å²) in [5.74, 6) is 0. The highest BCUT2D eigenvalue weighted by Gasteiger charge is 1.62. The van der Waals surface area contributed by atoms with Crippen molar-refractivity contribution in [2.24, 2.45) is 0 Å². The molecule has 0 aromatic carbocycles. The van der Waals surface area contributed by atoms with Crippen molar-refractivity contribution in [1.29, 1.82) is 0 Å². The minimum atomic E-state index is 0. The van der Waals surface area contributed by atoms with Crippen LogP contribution < -0.4 is 6.15 Å². The molecule has 5 heteroatoms. The summed E-state index contributed by atoms with van der Waals surface area (Å²) in [6.07, 6.45) is 0. The summed E-state index contributed by atoms with van der Waals surface area (Å²) in [4.78, 5) is 0. The lowest BCUT2D eigenvalue weighted by molar-refractivity contribution is -0.526. The first-order valence-electron chi connectivity index (χ1n) is 0.475. The van der Waals surface area contributed by atoms with E-state index >= 15 is 0 Å². The van der Waals surface area contributed by atoms with E-state index in [9.17, 15) is 9.05 Å². The molecule has 0 fully saturated rings. The zero-order valence-corrected chi connectivity index (χ0v) is 2.28. The lowest BCUT2D eigenvalue weighted by Gasteiger charge is -1.61. The minimum absolute atomic E-state index is 0. The summed E-state index contributed by atoms with van der Waals surface area (Å²) in [7, 11) is 0. The molecule has 34 valence electrons. The summed E-state index contributed by atoms with van der Waals surface area (Å²) < 4.78 is 19.2. The first-order chi connectivity index (χ1) is 1.91. The SMILES string of the molecule is FOOF.N. The van der Waals surface area contributed by atoms with Crippen molar-refractivity contribution in [3.8, 4) is 0 Å². The van der Waals surface area contributed by atoms with Crippen LogP contribution in [-0.4, -0.2) is 0 Å². The quantitative estimate of drug-likeness (QED) is 0.381. The van der Waals surface area contributed by atoms with Crippen LogP contribution in [0.15, 0.2) is 0 Å². The molecule has 0 saturated heterocycles. The highest BCUT2D eigenvalue weighted by molar-refractivity contribution is 2.71. The van der Waals surface area contributed by atoms with Gasteiger partial charge in [0, 0.05) is 10.2 Å². The summed E-state index contributed by atoms with van der Waals surface area (Å²) in [5.41, 5.74) is 0. The van der Waals surface area contributed by atoms with Crippen molar-refractivity contribution in [2.75, 3.05) is 0 Å². The molecule has 0 amide bonds. The summed E-state index contributed by atoms with van der Waals surface area (Å²) in [5, 5.41) is 3.75. The number of rotatable bonds is 1. The minimum Gasteiger partial charge on any atom is -0.344 e. The molecule has 0 aromatic heterocycles. The van der Waals surface area contributed by atoms with Crippen LogP contribution in [0.2, 0.25) is 0 Å². The Balaban J connectivity index is 0. The van der Waals surface area contributed by atoms with Crippen molar-refractivity contribution in [3.05, 3.63) is 0 Å². The van der Waals surface area contributed by atoms with E-state index in [1.165, 1.54) is 0 Å². The smallest absolute Gasteiger partial charge is 0.0122 e. The highest BCUT2D eigenvalue weighted by atomic mass is 19.4. The van der Waals surface area contributed by atoms with Crippen LogP contribution >= 0.6 is 0 Å². The first kappa shape index (κ1) is 8.83. The lowest BCUT2D eigenvalue weighted by atomic mass is 14.0. The van der Waals surface area contributed by atoms with Gasteiger partial charge < -0.3 is 6.15 Å². The Morgan fingerprint density at radius 1 is 1.00 bits per heavy atom. The maximum atomic E-state index is 9.62. The molecule has 0 rings (SSSR count). The zero-order valence-electron chi connectivity index (χ0n) is 2.28. The Bertz CT molecular complexity index is 9.61. The number of hydrogen-bond acceptors (Lipinski definition) is 3. The van der Waals surface area contributed by atoms with E-state index in [1.54, 1.807) is 0 Å². The van der Waals surface area contributed by atoms with Crippen LogP contribution in [0.3, 0.4) is 0 Å². The van der Waals surface area contributed by atoms with Gasteiger partial charge in [0.1, 0.15) is 0 Å². The Labute approximate surface area is 26.8 Å². The molecule has 0 bridgehead atoms. The van der Waals surface area contributed by atoms with Crippen molar-refractivity contribution in [2.45, 2.75) is 0 Å². The second-order valence-electron chi connectivity index (χ2n) is 0.126. The first-order valence-corrected chi connectivity index (χ1v) is 0.475. The predicted molar refractivity (Wildman–Crippen MR) is 9.41 cm³/mol. The third-order valence-corrected chi connectivity index (χ3v) is 0.0238. The Hall–Kier alpha value is -0.260. The molecule has 0 atom stereocenters. The molecule has 0 spiro atoms. The summed E-state index contributed by atoms with van der Waals surface area (Å²) in [6, 6.07) is 0. The maximum Gasteiger partial charge on any atom is 0.0122 e. The van der Waals surface area contributed by atoms with E-state index in [4.69, 9.17) is 0 Å². The molecular weight excluding hydrogens is 84.0 g/mol. The van der Waals surface area contributed by atoms with Gasteiger partial charge in [-0.2, -0.15) is 0 Å². The molecule has 0 unspecified atom stereocenters. The van der Waals surface area contributed by atoms with Crippen LogP contribution in [0.4, 0.5) is 9.05 Å². The van der Waals surface area contributed by atoms with Crippen LogP contribution in [0.5, 0.6) is 0 Å². The van der Waals surface area contributed by atoms with E-state index in [0.717, 1.165) is 0 Å². The monoisotopic (exact) mass is 87.0 g/mol. The van der Waals surface area contributed by atoms with Crippen LogP contribution in [0.25, 0.3) is 0 Å². The van der Waals surface area contributed by atoms with Gasteiger partial charge in [0.05, 0.1) is 0 Å². The topological polar surface area (TPSA) is 53.5 Å². The molecule has 3 nitrogen and oxygen atoms in total. The van der Waals surface area contributed by atoms with E-state index in [2.05, 4.69) is 0 Å². The van der Waals surface area contributed by atoms with Gasteiger partial charge in [0.2, 0.25) is 0 Å². The Morgan fingerprint density at radius 2 is 1.20 bits per heavy atom. The van der Waals surface area contributed by atoms with Gasteiger partial charge in [-0.3, -0.25) is 0 Å². The van der Waals surface area contributed by atoms with E-state index in [1.807, 2.05) is 10.2 Å². The second-order valence-corrected chi connectivity index (χ2v) is 0.126. The standard InChI is InChI=1S/F2O2.H3N/c1-3-4-2;/h;1H3. The maximum absolute atomic E-state index is 9.62. The molecule has 0 heterocycles. The molecule has 5 heavy (non-hydrogen) atoms. The Kier molecular flexibility index (Phi) is 16.4. The van der Waals surface area contributed by atoms with Crippen LogP contribution in [-0.2, 0) is 10.2 Å². The third-order valence-electron chi connectivity index (χ3n) is 0.0238. The van der Waals surface area contributed by atoms with Crippen molar-refractivity contribution < 1.29 is 19.2 Å². The fraction of sp³-hybridized carbons (Fsp3) is 0. The van der Waals surface area contributed by atoms with Gasteiger partial charge in [-0.25, -0.2) is 0 Å². The molecule has 0 radical (unpaired) electrons. The van der Waals surface area contributed by atoms with E-state index in [0.29, 0.717) is 0 Å². The van der Waals surface area contributed by atoms with E-state index in [-0.39, 0.29) is 6.15 Å². The molecule has 0 aliphatic rings. The van der Waals surface area contributed by atoms with Crippen molar-refractivity contribution in [1.82, 2.24) is 6.15 Å². The highest BCUT2D eigenvalue weighted by Crippen LogP contribution is 1.71. The molecule has 0 aliphatic carbocycles. The average Bonchev–Trinajstić information content (AvgIpc) is 1.37. The fourth-order valence-electron chi connectivity index (χ4n) is 0. The van der Waals surface area contributed by atoms with Crippen LogP contribution in [0.1, 0.15) is 0 Å². The molecule has 0 aliphatic heterocycles. The van der Waals surface area contributed by atoms with Gasteiger partial charge in [0.15, 0.2) is 0 Å². The molecular formula is H3F2NO2. The van der Waals surface area contributed by atoms with E-state index < -0.39 is 0 Å². The van der Waals surface area contributed by atoms with Gasteiger partial charge >= 0.3 is 0 Å². The third kappa shape index (κ3) is 20.7. The second kappa shape index (κ2) is 9.27. The van der Waals surface area contributed by atoms with Crippen molar-refractivity contribution >= 4 is 0 Å². The fourth-order valence-corrected chi connectivity index (χ4v) is 0. The summed E-state index contributed by atoms with van der Waals surface area (Å²) in [6.45, 7) is 0. The Morgan fingerprint density at radius 3 is 1.20 bits per heavy atom. The lowest BCUT2D eigenvalue weighted by Crippen LogP contribution is -1.57. The molecule has 0 saturated carbocycles. The number of halogens is 2. The zero-order chi connectivity index (χ0) is 3.41. The molecule has 0 aromatic rings. The largest absolute Gasteiger partial charge is 0.344 e. The summed E-state index contributed by atoms with van der Waals surface area (Å²) >= 11 is 0. The normalized spacial score (nSPS) is 6.00. The van der Waals surface area contributed by atoms with Gasteiger partial charge in [-0.05, 0) is 9.05 Å². The van der Waals surface area contributed by atoms with Gasteiger partial charge in [-0.1, -0.05) is 0 Å². The van der Waals surface area contributed by atoms with Gasteiger partial charge in [-0.15, -0.1) is 0 Å².